The molecule has 1 aromatic rings. The number of carbonyl (C=O) groups is 3. The van der Waals surface area contributed by atoms with E-state index < -0.39 is 5.97 Å². The zero-order valence-electron chi connectivity index (χ0n) is 15.2. The van der Waals surface area contributed by atoms with Crippen molar-refractivity contribution in [3.05, 3.63) is 35.4 Å². The third-order valence-corrected chi connectivity index (χ3v) is 4.71. The maximum atomic E-state index is 12.8. The fraction of sp³-hybridized carbons (Fsp3) is 0.526. The lowest BCUT2D eigenvalue weighted by Gasteiger charge is -2.33. The summed E-state index contributed by atoms with van der Waals surface area (Å²) in [6.45, 7) is 5.92. The summed E-state index contributed by atoms with van der Waals surface area (Å²) in [5.41, 5.74) is 1.33. The first-order valence-corrected chi connectivity index (χ1v) is 8.76. The Hall–Kier alpha value is -2.37. The van der Waals surface area contributed by atoms with E-state index in [1.807, 2.05) is 13.8 Å². The molecule has 0 saturated carbocycles. The number of esters is 1. The van der Waals surface area contributed by atoms with Crippen LogP contribution in [0.3, 0.4) is 0 Å². The summed E-state index contributed by atoms with van der Waals surface area (Å²) in [5, 5.41) is 0. The van der Waals surface area contributed by atoms with E-state index in [9.17, 15) is 14.4 Å². The van der Waals surface area contributed by atoms with Crippen LogP contribution in [0.1, 0.15) is 48.5 Å². The van der Waals surface area contributed by atoms with Crippen LogP contribution in [0.25, 0.3) is 0 Å². The molecule has 0 radical (unpaired) electrons. The molecule has 6 nitrogen and oxygen atoms in total. The minimum Gasteiger partial charge on any atom is -0.465 e. The average molecular weight is 346 g/mol. The first-order valence-electron chi connectivity index (χ1n) is 8.76. The lowest BCUT2D eigenvalue weighted by Crippen LogP contribution is -2.46. The van der Waals surface area contributed by atoms with Crippen molar-refractivity contribution in [2.45, 2.75) is 32.6 Å². The number of rotatable bonds is 6. The fourth-order valence-corrected chi connectivity index (χ4v) is 3.22. The van der Waals surface area contributed by atoms with Gasteiger partial charge in [-0.15, -0.1) is 0 Å². The molecule has 6 heteroatoms. The maximum Gasteiger partial charge on any atom is 0.337 e. The summed E-state index contributed by atoms with van der Waals surface area (Å²) >= 11 is 0. The Bertz CT molecular complexity index is 623. The Balaban J connectivity index is 2.08. The number of likely N-dealkylation sites (N-methyl/N-ethyl adjacent to an activating group) is 1. The van der Waals surface area contributed by atoms with Crippen LogP contribution in [-0.2, 0) is 14.3 Å². The highest BCUT2D eigenvalue weighted by molar-refractivity contribution is 5.91. The lowest BCUT2D eigenvalue weighted by molar-refractivity contribution is -0.142. The van der Waals surface area contributed by atoms with Crippen molar-refractivity contribution < 1.29 is 19.1 Å². The summed E-state index contributed by atoms with van der Waals surface area (Å²) < 4.78 is 4.69. The highest BCUT2D eigenvalue weighted by Gasteiger charge is 2.31. The van der Waals surface area contributed by atoms with E-state index in [1.165, 1.54) is 7.11 Å². The Morgan fingerprint density at radius 2 is 1.84 bits per heavy atom. The highest BCUT2D eigenvalue weighted by Crippen LogP contribution is 2.28. The van der Waals surface area contributed by atoms with E-state index in [2.05, 4.69) is 0 Å². The topological polar surface area (TPSA) is 66.9 Å². The van der Waals surface area contributed by atoms with Gasteiger partial charge >= 0.3 is 5.97 Å². The van der Waals surface area contributed by atoms with Gasteiger partial charge in [-0.2, -0.15) is 0 Å². The molecule has 0 aliphatic carbocycles. The number of nitrogens with zero attached hydrogens (tertiary/aromatic N) is 2. The number of likely N-dealkylation sites (tertiary alicyclic amines) is 1. The van der Waals surface area contributed by atoms with Gasteiger partial charge in [-0.25, -0.2) is 4.79 Å². The van der Waals surface area contributed by atoms with Crippen LogP contribution in [0.4, 0.5) is 0 Å². The summed E-state index contributed by atoms with van der Waals surface area (Å²) in [6, 6.07) is 6.94. The smallest absolute Gasteiger partial charge is 0.337 e. The van der Waals surface area contributed by atoms with Crippen LogP contribution in [-0.4, -0.2) is 60.9 Å². The Kier molecular flexibility index (Phi) is 6.56. The van der Waals surface area contributed by atoms with Gasteiger partial charge in [-0.05, 0) is 44.4 Å². The predicted octanol–water partition coefficient (Wildman–Crippen LogP) is 2.05. The second-order valence-corrected chi connectivity index (χ2v) is 6.13. The molecule has 25 heavy (non-hydrogen) atoms. The SMILES string of the molecule is CCN(CC)C(=O)CN1CCCC(c2ccc(C(=O)OC)cc2)C1=O. The molecule has 0 N–H and O–H groups in total. The van der Waals surface area contributed by atoms with Crippen molar-refractivity contribution in [2.75, 3.05) is 33.3 Å². The summed E-state index contributed by atoms with van der Waals surface area (Å²) in [7, 11) is 1.34. The van der Waals surface area contributed by atoms with Gasteiger partial charge in [-0.1, -0.05) is 12.1 Å². The van der Waals surface area contributed by atoms with Gasteiger partial charge in [0.25, 0.3) is 0 Å². The van der Waals surface area contributed by atoms with E-state index >= 15 is 0 Å². The van der Waals surface area contributed by atoms with Crippen LogP contribution in [0.5, 0.6) is 0 Å². The molecule has 0 bridgehead atoms. The largest absolute Gasteiger partial charge is 0.465 e. The van der Waals surface area contributed by atoms with Gasteiger partial charge in [0, 0.05) is 19.6 Å². The van der Waals surface area contributed by atoms with Crippen molar-refractivity contribution in [3.8, 4) is 0 Å². The molecule has 1 unspecified atom stereocenters. The van der Waals surface area contributed by atoms with Crippen LogP contribution < -0.4 is 0 Å². The fourth-order valence-electron chi connectivity index (χ4n) is 3.22. The van der Waals surface area contributed by atoms with Crippen molar-refractivity contribution in [1.82, 2.24) is 9.80 Å². The van der Waals surface area contributed by atoms with E-state index in [-0.39, 0.29) is 24.3 Å². The molecule has 0 aromatic heterocycles. The third-order valence-electron chi connectivity index (χ3n) is 4.71. The predicted molar refractivity (Wildman–Crippen MR) is 94.3 cm³/mol. The molecule has 1 saturated heterocycles. The molecular formula is C19H26N2O4. The van der Waals surface area contributed by atoms with Gasteiger partial charge in [0.2, 0.25) is 11.8 Å². The second kappa shape index (κ2) is 8.65. The molecule has 2 amide bonds. The van der Waals surface area contributed by atoms with Gasteiger partial charge < -0.3 is 14.5 Å². The molecule has 1 aromatic carbocycles. The molecule has 2 rings (SSSR count). The van der Waals surface area contributed by atoms with Crippen LogP contribution in [0, 0.1) is 0 Å². The van der Waals surface area contributed by atoms with E-state index in [1.54, 1.807) is 34.1 Å². The molecule has 0 spiro atoms. The van der Waals surface area contributed by atoms with Crippen molar-refractivity contribution in [2.24, 2.45) is 0 Å². The standard InChI is InChI=1S/C19H26N2O4/c1-4-20(5-2)17(22)13-21-12-6-7-16(18(21)23)14-8-10-15(11-9-14)19(24)25-3/h8-11,16H,4-7,12-13H2,1-3H3. The number of hydrogen-bond donors (Lipinski definition) is 0. The number of ether oxygens (including phenoxy) is 1. The first-order chi connectivity index (χ1) is 12.0. The van der Waals surface area contributed by atoms with E-state index in [0.29, 0.717) is 25.2 Å². The minimum atomic E-state index is -0.395. The number of hydrogen-bond acceptors (Lipinski definition) is 4. The van der Waals surface area contributed by atoms with Crippen molar-refractivity contribution in [3.63, 3.8) is 0 Å². The zero-order chi connectivity index (χ0) is 18.4. The number of methoxy groups -OCH3 is 1. The molecular weight excluding hydrogens is 320 g/mol. The maximum absolute atomic E-state index is 12.8. The number of benzene rings is 1. The van der Waals surface area contributed by atoms with Gasteiger partial charge in [-0.3, -0.25) is 9.59 Å². The molecule has 1 heterocycles. The number of piperidine rings is 1. The van der Waals surface area contributed by atoms with Crippen molar-refractivity contribution in [1.29, 1.82) is 0 Å². The monoisotopic (exact) mass is 346 g/mol. The quantitative estimate of drug-likeness (QED) is 0.740. The lowest BCUT2D eigenvalue weighted by atomic mass is 9.89. The normalized spacial score (nSPS) is 17.3. The molecule has 1 aliphatic rings. The Morgan fingerprint density at radius 3 is 2.40 bits per heavy atom. The zero-order valence-corrected chi connectivity index (χ0v) is 15.2. The molecule has 1 aliphatic heterocycles. The Morgan fingerprint density at radius 1 is 1.20 bits per heavy atom. The second-order valence-electron chi connectivity index (χ2n) is 6.13. The van der Waals surface area contributed by atoms with Crippen LogP contribution in [0.15, 0.2) is 24.3 Å². The number of carbonyl (C=O) groups excluding carboxylic acids is 3. The average Bonchev–Trinajstić information content (AvgIpc) is 2.64. The van der Waals surface area contributed by atoms with Crippen LogP contribution >= 0.6 is 0 Å². The van der Waals surface area contributed by atoms with Crippen LogP contribution in [0.2, 0.25) is 0 Å². The van der Waals surface area contributed by atoms with Crippen molar-refractivity contribution >= 4 is 17.8 Å². The van der Waals surface area contributed by atoms with E-state index in [4.69, 9.17) is 4.74 Å². The Labute approximate surface area is 148 Å². The molecule has 136 valence electrons. The van der Waals surface area contributed by atoms with E-state index in [0.717, 1.165) is 18.4 Å². The number of amides is 2. The minimum absolute atomic E-state index is 0.0139. The first kappa shape index (κ1) is 19.0. The summed E-state index contributed by atoms with van der Waals surface area (Å²) in [5.74, 6) is -0.685. The summed E-state index contributed by atoms with van der Waals surface area (Å²) in [4.78, 5) is 40.0. The molecule has 1 fully saturated rings. The summed E-state index contributed by atoms with van der Waals surface area (Å²) in [6.07, 6.45) is 1.62. The highest BCUT2D eigenvalue weighted by atomic mass is 16.5. The van der Waals surface area contributed by atoms with Gasteiger partial charge in [0.05, 0.1) is 25.1 Å². The molecule has 1 atom stereocenters. The van der Waals surface area contributed by atoms with Gasteiger partial charge in [0.15, 0.2) is 0 Å². The third kappa shape index (κ3) is 4.38. The van der Waals surface area contributed by atoms with Gasteiger partial charge in [0.1, 0.15) is 0 Å².